The van der Waals surface area contributed by atoms with Gasteiger partial charge in [0.25, 0.3) is 6.47 Å². The second-order valence-corrected chi connectivity index (χ2v) is 5.42. The molecule has 0 radical (unpaired) electrons. The monoisotopic (exact) mass is 311 g/mol. The summed E-state index contributed by atoms with van der Waals surface area (Å²) in [5.74, 6) is -0.484. The summed E-state index contributed by atoms with van der Waals surface area (Å²) < 4.78 is 9.88. The Kier molecular flexibility index (Phi) is 4.37. The summed E-state index contributed by atoms with van der Waals surface area (Å²) in [6.07, 6.45) is 0. The number of carbonyl (C=O) groups excluding carboxylic acids is 1. The molecule has 1 aromatic rings. The zero-order valence-electron chi connectivity index (χ0n) is 11.1. The van der Waals surface area contributed by atoms with Crippen LogP contribution in [0.25, 0.3) is 0 Å². The fourth-order valence-electron chi connectivity index (χ4n) is 1.71. The minimum atomic E-state index is -1.10. The first kappa shape index (κ1) is 15.2. The summed E-state index contributed by atoms with van der Waals surface area (Å²) in [4.78, 5) is 25.1. The second kappa shape index (κ2) is 6.04. The molecular weight excluding hydrogens is 298 g/mol. The lowest BCUT2D eigenvalue weighted by atomic mass is 10.2. The molecule has 7 nitrogen and oxygen atoms in total. The molecule has 1 aliphatic heterocycles. The molecule has 112 valence electrons. The van der Waals surface area contributed by atoms with Crippen molar-refractivity contribution in [1.82, 2.24) is 0 Å². The van der Waals surface area contributed by atoms with Crippen LogP contribution in [0.2, 0.25) is 0 Å². The maximum atomic E-state index is 10.4. The number of ether oxygens (including phenoxy) is 2. The number of nitrogens with zero attached hydrogens (tertiary/aromatic N) is 1. The molecule has 1 heterocycles. The first-order valence-electron chi connectivity index (χ1n) is 5.95. The zero-order chi connectivity index (χ0) is 15.5. The number of hydrogen-bond acceptors (Lipinski definition) is 7. The number of rotatable bonds is 6. The average molecular weight is 311 g/mol. The third-order valence-electron chi connectivity index (χ3n) is 2.68. The third-order valence-corrected chi connectivity index (χ3v) is 3.94. The van der Waals surface area contributed by atoms with E-state index in [2.05, 4.69) is 4.99 Å². The molecule has 1 atom stereocenters. The van der Waals surface area contributed by atoms with E-state index in [4.69, 9.17) is 14.6 Å². The summed E-state index contributed by atoms with van der Waals surface area (Å²) in [6.45, 7) is 1.53. The summed E-state index contributed by atoms with van der Waals surface area (Å²) in [5.41, 5.74) is -0.465. The molecule has 1 aromatic carbocycles. The van der Waals surface area contributed by atoms with Crippen LogP contribution in [0, 0.1) is 0 Å². The van der Waals surface area contributed by atoms with Crippen LogP contribution in [0.5, 0.6) is 11.5 Å². The highest BCUT2D eigenvalue weighted by atomic mass is 32.2. The van der Waals surface area contributed by atoms with E-state index in [0.717, 1.165) is 0 Å². The molecule has 0 unspecified atom stereocenters. The normalized spacial score (nSPS) is 20.7. The van der Waals surface area contributed by atoms with E-state index in [9.17, 15) is 14.7 Å². The van der Waals surface area contributed by atoms with Crippen LogP contribution in [0.3, 0.4) is 0 Å². The van der Waals surface area contributed by atoms with Crippen molar-refractivity contribution in [3.63, 3.8) is 0 Å². The summed E-state index contributed by atoms with van der Waals surface area (Å²) >= 11 is 1.35. The van der Waals surface area contributed by atoms with Gasteiger partial charge in [-0.25, -0.2) is 9.79 Å². The van der Waals surface area contributed by atoms with Gasteiger partial charge < -0.3 is 19.7 Å². The van der Waals surface area contributed by atoms with Crippen LogP contribution in [0.1, 0.15) is 12.5 Å². The van der Waals surface area contributed by atoms with Gasteiger partial charge in [-0.2, -0.15) is 0 Å². The largest absolute Gasteiger partial charge is 0.507 e. The Bertz CT molecular complexity index is 602. The standard InChI is InChI=1S/C13H13NO6S/c1-13(20-7-15)6-21-12(14-13)9-3-2-8(4-10(9)16)19-5-11(17)18/h2-4,7,16H,5-6H2,1H3,(H,17,18)/t13-/m0/s1. The minimum Gasteiger partial charge on any atom is -0.507 e. The maximum absolute atomic E-state index is 10.4. The molecule has 21 heavy (non-hydrogen) atoms. The molecule has 0 spiro atoms. The van der Waals surface area contributed by atoms with Gasteiger partial charge in [0, 0.05) is 11.6 Å². The van der Waals surface area contributed by atoms with E-state index in [1.807, 2.05) is 0 Å². The Labute approximate surface area is 124 Å². The van der Waals surface area contributed by atoms with Crippen LogP contribution in [-0.4, -0.2) is 45.8 Å². The number of aliphatic carboxylic acids is 1. The number of aliphatic imine (C=N–C) groups is 1. The number of phenols is 1. The fourth-order valence-corrected chi connectivity index (χ4v) is 2.83. The highest BCUT2D eigenvalue weighted by molar-refractivity contribution is 8.14. The SMILES string of the molecule is C[C@]1(OC=O)CSC(c2ccc(OCC(=O)O)cc2O)=N1. The molecule has 0 saturated carbocycles. The third kappa shape index (κ3) is 3.66. The Morgan fingerprint density at radius 3 is 2.95 bits per heavy atom. The number of thioether (sulfide) groups is 1. The number of benzene rings is 1. The van der Waals surface area contributed by atoms with E-state index >= 15 is 0 Å². The number of carboxylic acids is 1. The van der Waals surface area contributed by atoms with Crippen LogP contribution >= 0.6 is 11.8 Å². The van der Waals surface area contributed by atoms with Crippen molar-refractivity contribution in [2.24, 2.45) is 4.99 Å². The van der Waals surface area contributed by atoms with Crippen molar-refractivity contribution in [1.29, 1.82) is 0 Å². The Morgan fingerprint density at radius 2 is 2.33 bits per heavy atom. The molecule has 2 rings (SSSR count). The van der Waals surface area contributed by atoms with Crippen LogP contribution in [-0.2, 0) is 14.3 Å². The topological polar surface area (TPSA) is 105 Å². The van der Waals surface area contributed by atoms with Crippen molar-refractivity contribution in [2.45, 2.75) is 12.6 Å². The highest BCUT2D eigenvalue weighted by Gasteiger charge is 2.33. The average Bonchev–Trinajstić information content (AvgIpc) is 2.79. The van der Waals surface area contributed by atoms with Crippen LogP contribution < -0.4 is 4.74 Å². The second-order valence-electron chi connectivity index (χ2n) is 4.46. The van der Waals surface area contributed by atoms with Gasteiger partial charge in [-0.15, -0.1) is 0 Å². The Hall–Kier alpha value is -2.22. The van der Waals surface area contributed by atoms with Gasteiger partial charge >= 0.3 is 5.97 Å². The first-order valence-corrected chi connectivity index (χ1v) is 6.94. The molecule has 0 aliphatic carbocycles. The number of carbonyl (C=O) groups is 2. The van der Waals surface area contributed by atoms with Gasteiger partial charge in [-0.3, -0.25) is 4.79 Å². The predicted molar refractivity (Wildman–Crippen MR) is 75.8 cm³/mol. The molecule has 1 aliphatic rings. The number of carboxylic acid groups (broad SMARTS) is 1. The molecule has 0 amide bonds. The molecule has 2 N–H and O–H groups in total. The van der Waals surface area contributed by atoms with Gasteiger partial charge in [0.2, 0.25) is 5.72 Å². The van der Waals surface area contributed by atoms with Crippen molar-refractivity contribution < 1.29 is 29.3 Å². The van der Waals surface area contributed by atoms with Crippen LogP contribution in [0.4, 0.5) is 0 Å². The number of phenolic OH excluding ortho intramolecular Hbond substituents is 1. The Morgan fingerprint density at radius 1 is 1.57 bits per heavy atom. The lowest BCUT2D eigenvalue weighted by Gasteiger charge is -2.16. The molecule has 8 heteroatoms. The van der Waals surface area contributed by atoms with Crippen molar-refractivity contribution in [2.75, 3.05) is 12.4 Å². The van der Waals surface area contributed by atoms with Crippen molar-refractivity contribution in [3.05, 3.63) is 23.8 Å². The molecular formula is C13H13NO6S. The van der Waals surface area contributed by atoms with E-state index in [0.29, 0.717) is 22.8 Å². The van der Waals surface area contributed by atoms with Crippen molar-refractivity contribution >= 4 is 29.2 Å². The van der Waals surface area contributed by atoms with Gasteiger partial charge in [0.05, 0.1) is 5.75 Å². The van der Waals surface area contributed by atoms with Gasteiger partial charge in [-0.1, -0.05) is 11.8 Å². The molecule has 0 fully saturated rings. The predicted octanol–water partition coefficient (Wildman–Crippen LogP) is 1.24. The van der Waals surface area contributed by atoms with E-state index < -0.39 is 18.3 Å². The minimum absolute atomic E-state index is 0.0838. The summed E-state index contributed by atoms with van der Waals surface area (Å²) in [6, 6.07) is 4.43. The quantitative estimate of drug-likeness (QED) is 0.761. The zero-order valence-corrected chi connectivity index (χ0v) is 11.9. The van der Waals surface area contributed by atoms with E-state index in [1.165, 1.54) is 23.9 Å². The molecule has 0 aromatic heterocycles. The fraction of sp³-hybridized carbons (Fsp3) is 0.308. The molecule has 0 bridgehead atoms. The molecule has 0 saturated heterocycles. The number of hydrogen-bond donors (Lipinski definition) is 2. The summed E-state index contributed by atoms with van der Waals surface area (Å²) in [5, 5.41) is 19.1. The summed E-state index contributed by atoms with van der Waals surface area (Å²) in [7, 11) is 0. The smallest absolute Gasteiger partial charge is 0.341 e. The van der Waals surface area contributed by atoms with Gasteiger partial charge in [0.15, 0.2) is 6.61 Å². The lowest BCUT2D eigenvalue weighted by Crippen LogP contribution is -2.25. The first-order chi connectivity index (χ1) is 9.93. The maximum Gasteiger partial charge on any atom is 0.341 e. The number of aromatic hydroxyl groups is 1. The van der Waals surface area contributed by atoms with Crippen molar-refractivity contribution in [3.8, 4) is 11.5 Å². The van der Waals surface area contributed by atoms with E-state index in [-0.39, 0.29) is 11.5 Å². The highest BCUT2D eigenvalue weighted by Crippen LogP contribution is 2.35. The van der Waals surface area contributed by atoms with E-state index in [1.54, 1.807) is 13.0 Å². The van der Waals surface area contributed by atoms with Gasteiger partial charge in [-0.05, 0) is 19.1 Å². The Balaban J connectivity index is 2.18. The van der Waals surface area contributed by atoms with Crippen LogP contribution in [0.15, 0.2) is 23.2 Å². The lowest BCUT2D eigenvalue weighted by molar-refractivity contribution is -0.140. The van der Waals surface area contributed by atoms with Gasteiger partial charge in [0.1, 0.15) is 16.5 Å².